The Hall–Kier alpha value is -0.640. The van der Waals surface area contributed by atoms with Gasteiger partial charge in [-0.3, -0.25) is 0 Å². The first-order valence-electron chi connectivity index (χ1n) is 12.9. The second-order valence-corrected chi connectivity index (χ2v) is 12.6. The van der Waals surface area contributed by atoms with Crippen LogP contribution < -0.4 is 0 Å². The van der Waals surface area contributed by atoms with Gasteiger partial charge in [-0.2, -0.15) is 0 Å². The van der Waals surface area contributed by atoms with Gasteiger partial charge in [-0.15, -0.1) is 0 Å². The fraction of sp³-hybridized carbons (Fsp3) is 0.857. The molecule has 3 nitrogen and oxygen atoms in total. The van der Waals surface area contributed by atoms with Crippen molar-refractivity contribution in [1.29, 1.82) is 0 Å². The minimum atomic E-state index is -0.545. The molecule has 0 bridgehead atoms. The molecule has 0 heterocycles. The first-order chi connectivity index (χ1) is 14.5. The maximum absolute atomic E-state index is 10.3. The van der Waals surface area contributed by atoms with Crippen LogP contribution in [0.25, 0.3) is 0 Å². The van der Waals surface area contributed by atoms with Gasteiger partial charge in [0.1, 0.15) is 0 Å². The minimum absolute atomic E-state index is 0.414. The van der Waals surface area contributed by atoms with E-state index in [4.69, 9.17) is 0 Å². The molecule has 4 aliphatic rings. The highest BCUT2D eigenvalue weighted by atomic mass is 16.3. The smallest absolute Gasteiger partial charge is 0.0777 e. The van der Waals surface area contributed by atoms with E-state index < -0.39 is 17.8 Å². The summed E-state index contributed by atoms with van der Waals surface area (Å²) in [7, 11) is 0. The van der Waals surface area contributed by atoms with Gasteiger partial charge in [0.05, 0.1) is 17.8 Å². The largest absolute Gasteiger partial charge is 0.393 e. The lowest BCUT2D eigenvalue weighted by molar-refractivity contribution is 0.00162. The Labute approximate surface area is 190 Å². The molecular formula is C28H46O3. The summed E-state index contributed by atoms with van der Waals surface area (Å²) in [6, 6.07) is 0. The molecule has 0 saturated heterocycles. The highest BCUT2D eigenvalue weighted by molar-refractivity contribution is 5.33. The van der Waals surface area contributed by atoms with Crippen molar-refractivity contribution in [3.63, 3.8) is 0 Å². The molecule has 0 aliphatic heterocycles. The van der Waals surface area contributed by atoms with Crippen molar-refractivity contribution in [3.05, 3.63) is 23.3 Å². The predicted octanol–water partition coefficient (Wildman–Crippen LogP) is 5.78. The first kappa shape index (κ1) is 23.5. The zero-order valence-electron chi connectivity index (χ0n) is 20.5. The van der Waals surface area contributed by atoms with Crippen LogP contribution in [-0.2, 0) is 0 Å². The van der Waals surface area contributed by atoms with E-state index in [-0.39, 0.29) is 0 Å². The quantitative estimate of drug-likeness (QED) is 0.479. The highest BCUT2D eigenvalue weighted by Crippen LogP contribution is 2.81. The van der Waals surface area contributed by atoms with E-state index in [9.17, 15) is 15.3 Å². The van der Waals surface area contributed by atoms with Gasteiger partial charge < -0.3 is 15.3 Å². The zero-order valence-corrected chi connectivity index (χ0v) is 20.5. The molecule has 0 aromatic carbocycles. The molecule has 0 aromatic heterocycles. The molecule has 4 aliphatic carbocycles. The molecule has 3 fully saturated rings. The van der Waals surface area contributed by atoms with Crippen molar-refractivity contribution in [3.8, 4) is 0 Å². The second kappa shape index (κ2) is 8.29. The lowest BCUT2D eigenvalue weighted by Gasteiger charge is -2.49. The van der Waals surface area contributed by atoms with Gasteiger partial charge in [0.25, 0.3) is 0 Å². The summed E-state index contributed by atoms with van der Waals surface area (Å²) in [5, 5.41) is 30.5. The van der Waals surface area contributed by atoms with Crippen molar-refractivity contribution in [1.82, 2.24) is 0 Å². The molecule has 3 heteroatoms. The van der Waals surface area contributed by atoms with E-state index in [1.165, 1.54) is 38.5 Å². The standard InChI is InChI=1S/C28H46O3/c1-18(8-6-12-26(3,4)31)24-15-22-17-28(22)21(9-7-13-27(24,28)5)11-10-20-14-23(29)16-25(30)19(20)2/h10-11,18,21-25,29-31H,6-9,12-17H2,1-5H3/t18?,21?,22?,23-,24-,25?,27-,28?/m1/s1. The van der Waals surface area contributed by atoms with Crippen molar-refractivity contribution in [2.24, 2.45) is 34.5 Å². The third kappa shape index (κ3) is 4.20. The third-order valence-electron chi connectivity index (χ3n) is 10.1. The molecule has 5 unspecified atom stereocenters. The van der Waals surface area contributed by atoms with Crippen molar-refractivity contribution >= 4 is 0 Å². The van der Waals surface area contributed by atoms with Crippen LogP contribution in [0.15, 0.2) is 23.3 Å². The van der Waals surface area contributed by atoms with Crippen LogP contribution in [0.2, 0.25) is 0 Å². The lowest BCUT2D eigenvalue weighted by atomic mass is 9.55. The molecule has 3 saturated carbocycles. The van der Waals surface area contributed by atoms with Crippen LogP contribution in [0.1, 0.15) is 98.8 Å². The van der Waals surface area contributed by atoms with E-state index in [1.807, 2.05) is 20.8 Å². The van der Waals surface area contributed by atoms with E-state index in [1.54, 1.807) is 0 Å². The monoisotopic (exact) mass is 430 g/mol. The van der Waals surface area contributed by atoms with E-state index in [0.717, 1.165) is 41.7 Å². The number of rotatable bonds is 7. The van der Waals surface area contributed by atoms with Crippen LogP contribution in [0.5, 0.6) is 0 Å². The molecule has 0 aromatic rings. The number of hydrogen-bond donors (Lipinski definition) is 3. The highest BCUT2D eigenvalue weighted by Gasteiger charge is 2.74. The predicted molar refractivity (Wildman–Crippen MR) is 126 cm³/mol. The molecule has 176 valence electrons. The van der Waals surface area contributed by atoms with Gasteiger partial charge >= 0.3 is 0 Å². The Bertz CT molecular complexity index is 731. The fourth-order valence-corrected chi connectivity index (χ4v) is 8.26. The van der Waals surface area contributed by atoms with Crippen LogP contribution in [-0.4, -0.2) is 33.1 Å². The Kier molecular flexibility index (Phi) is 6.29. The number of aliphatic hydroxyl groups is 3. The van der Waals surface area contributed by atoms with Crippen molar-refractivity contribution in [2.45, 2.75) is 117 Å². The van der Waals surface area contributed by atoms with Gasteiger partial charge in [-0.1, -0.05) is 45.3 Å². The molecule has 0 radical (unpaired) electrons. The summed E-state index contributed by atoms with van der Waals surface area (Å²) in [4.78, 5) is 0. The number of aliphatic hydroxyl groups excluding tert-OH is 2. The third-order valence-corrected chi connectivity index (χ3v) is 10.1. The van der Waals surface area contributed by atoms with Crippen molar-refractivity contribution in [2.75, 3.05) is 0 Å². The maximum atomic E-state index is 10.3. The summed E-state index contributed by atoms with van der Waals surface area (Å²) in [5.41, 5.74) is 2.58. The molecule has 0 amide bonds. The average Bonchev–Trinajstić information content (AvgIpc) is 3.32. The zero-order chi connectivity index (χ0) is 22.6. The first-order valence-corrected chi connectivity index (χ1v) is 12.9. The van der Waals surface area contributed by atoms with E-state index >= 15 is 0 Å². The van der Waals surface area contributed by atoms with Crippen molar-refractivity contribution < 1.29 is 15.3 Å². The Morgan fingerprint density at radius 3 is 2.68 bits per heavy atom. The Balaban J connectivity index is 1.48. The van der Waals surface area contributed by atoms with Crippen LogP contribution in [0.4, 0.5) is 0 Å². The summed E-state index contributed by atoms with van der Waals surface area (Å²) in [6.45, 7) is 11.0. The summed E-state index contributed by atoms with van der Waals surface area (Å²) < 4.78 is 0. The Morgan fingerprint density at radius 2 is 1.97 bits per heavy atom. The maximum Gasteiger partial charge on any atom is 0.0777 e. The van der Waals surface area contributed by atoms with E-state index in [2.05, 4.69) is 26.0 Å². The summed E-state index contributed by atoms with van der Waals surface area (Å²) in [5.74, 6) is 3.06. The van der Waals surface area contributed by atoms with Gasteiger partial charge in [0.2, 0.25) is 0 Å². The summed E-state index contributed by atoms with van der Waals surface area (Å²) >= 11 is 0. The van der Waals surface area contributed by atoms with Crippen LogP contribution >= 0.6 is 0 Å². The fourth-order valence-electron chi connectivity index (χ4n) is 8.26. The Morgan fingerprint density at radius 1 is 1.23 bits per heavy atom. The van der Waals surface area contributed by atoms with E-state index in [0.29, 0.717) is 29.6 Å². The lowest BCUT2D eigenvalue weighted by Crippen LogP contribution is -2.42. The number of allylic oxidation sites excluding steroid dienone is 2. The SMILES string of the molecule is CC1=C(C=CC2CCC[C@]3(C)[C@@H](C(C)CCCC(C)(C)O)CC4CC243)C[C@@H](O)CC1O. The summed E-state index contributed by atoms with van der Waals surface area (Å²) in [6.07, 6.45) is 15.0. The molecule has 4 rings (SSSR count). The van der Waals surface area contributed by atoms with Gasteiger partial charge in [0, 0.05) is 6.42 Å². The van der Waals surface area contributed by atoms with Gasteiger partial charge in [-0.25, -0.2) is 0 Å². The van der Waals surface area contributed by atoms with Gasteiger partial charge in [0.15, 0.2) is 0 Å². The minimum Gasteiger partial charge on any atom is -0.393 e. The molecular weight excluding hydrogens is 384 g/mol. The topological polar surface area (TPSA) is 60.7 Å². The van der Waals surface area contributed by atoms with Gasteiger partial charge in [-0.05, 0) is 105 Å². The second-order valence-electron chi connectivity index (χ2n) is 12.6. The molecule has 1 spiro atoms. The average molecular weight is 431 g/mol. The number of hydrogen-bond acceptors (Lipinski definition) is 3. The van der Waals surface area contributed by atoms with Crippen LogP contribution in [0, 0.1) is 34.5 Å². The normalized spacial score (nSPS) is 43.8. The molecule has 8 atom stereocenters. The van der Waals surface area contributed by atoms with Crippen LogP contribution in [0.3, 0.4) is 0 Å². The molecule has 3 N–H and O–H groups in total. The molecule has 31 heavy (non-hydrogen) atoms.